The Morgan fingerprint density at radius 1 is 0.844 bits per heavy atom. The molecule has 0 unspecified atom stereocenters. The van der Waals surface area contributed by atoms with Gasteiger partial charge in [0, 0.05) is 56.2 Å². The maximum atomic E-state index is 12.7. The summed E-state index contributed by atoms with van der Waals surface area (Å²) < 4.78 is 0. The number of rotatable bonds is 6. The van der Waals surface area contributed by atoms with E-state index < -0.39 is 0 Å². The number of anilines is 1. The van der Waals surface area contributed by atoms with Gasteiger partial charge in [-0.1, -0.05) is 60.2 Å². The van der Waals surface area contributed by atoms with Gasteiger partial charge in [0.05, 0.1) is 5.69 Å². The Bertz CT molecular complexity index is 1090. The van der Waals surface area contributed by atoms with Crippen molar-refractivity contribution in [2.24, 2.45) is 0 Å². The molecule has 0 spiro atoms. The van der Waals surface area contributed by atoms with Crippen LogP contribution in [0.3, 0.4) is 0 Å². The second kappa shape index (κ2) is 9.73. The molecular weight excluding hydrogens is 400 g/mol. The van der Waals surface area contributed by atoms with Crippen LogP contribution in [-0.2, 0) is 4.79 Å². The SMILES string of the molecule is Cc1ccc(C(=O)CCC(=O)N2CCN(c3cc(-c4ccccc4)nc(C)n3)CC2)cc1. The van der Waals surface area contributed by atoms with Crippen LogP contribution in [-0.4, -0.2) is 52.7 Å². The minimum atomic E-state index is 0.0156. The van der Waals surface area contributed by atoms with Gasteiger partial charge in [-0.3, -0.25) is 9.59 Å². The summed E-state index contributed by atoms with van der Waals surface area (Å²) in [5.41, 5.74) is 3.75. The van der Waals surface area contributed by atoms with Crippen LogP contribution in [0.15, 0.2) is 60.7 Å². The van der Waals surface area contributed by atoms with Crippen molar-refractivity contribution in [3.05, 3.63) is 77.6 Å². The average Bonchev–Trinajstić information content (AvgIpc) is 2.83. The van der Waals surface area contributed by atoms with Gasteiger partial charge in [0.2, 0.25) is 5.91 Å². The molecule has 164 valence electrons. The molecule has 3 aromatic rings. The number of ketones is 1. The van der Waals surface area contributed by atoms with E-state index in [1.807, 2.05) is 79.4 Å². The molecule has 0 radical (unpaired) electrons. The van der Waals surface area contributed by atoms with E-state index in [9.17, 15) is 9.59 Å². The second-order valence-electron chi connectivity index (χ2n) is 8.18. The summed E-state index contributed by atoms with van der Waals surface area (Å²) in [5.74, 6) is 1.67. The van der Waals surface area contributed by atoms with E-state index in [-0.39, 0.29) is 24.5 Å². The molecule has 32 heavy (non-hydrogen) atoms. The minimum absolute atomic E-state index is 0.0156. The second-order valence-corrected chi connectivity index (χ2v) is 8.18. The van der Waals surface area contributed by atoms with Crippen LogP contribution in [0.5, 0.6) is 0 Å². The van der Waals surface area contributed by atoms with Crippen molar-refractivity contribution in [2.45, 2.75) is 26.7 Å². The zero-order valence-corrected chi connectivity index (χ0v) is 18.6. The first kappa shape index (κ1) is 21.7. The van der Waals surface area contributed by atoms with Crippen LogP contribution < -0.4 is 4.90 Å². The fourth-order valence-corrected chi connectivity index (χ4v) is 3.92. The summed E-state index contributed by atoms with van der Waals surface area (Å²) in [7, 11) is 0. The lowest BCUT2D eigenvalue weighted by atomic mass is 10.0. The summed E-state index contributed by atoms with van der Waals surface area (Å²) in [6.45, 7) is 6.57. The third kappa shape index (κ3) is 5.19. The lowest BCUT2D eigenvalue weighted by Crippen LogP contribution is -2.49. The summed E-state index contributed by atoms with van der Waals surface area (Å²) in [4.78, 5) is 38.3. The van der Waals surface area contributed by atoms with Crippen LogP contribution in [0.25, 0.3) is 11.3 Å². The molecule has 0 aliphatic carbocycles. The number of aryl methyl sites for hydroxylation is 2. The number of hydrogen-bond donors (Lipinski definition) is 0. The molecule has 1 aromatic heterocycles. The summed E-state index contributed by atoms with van der Waals surface area (Å²) in [6, 6.07) is 19.6. The van der Waals surface area contributed by atoms with E-state index in [4.69, 9.17) is 0 Å². The first-order valence-electron chi connectivity index (χ1n) is 11.0. The largest absolute Gasteiger partial charge is 0.353 e. The number of piperazine rings is 1. The number of aromatic nitrogens is 2. The lowest BCUT2D eigenvalue weighted by Gasteiger charge is -2.35. The fourth-order valence-electron chi connectivity index (χ4n) is 3.92. The van der Waals surface area contributed by atoms with Crippen LogP contribution in [0.2, 0.25) is 0 Å². The smallest absolute Gasteiger partial charge is 0.223 e. The number of nitrogens with zero attached hydrogens (tertiary/aromatic N) is 4. The van der Waals surface area contributed by atoms with Gasteiger partial charge in [0.15, 0.2) is 5.78 Å². The van der Waals surface area contributed by atoms with E-state index in [0.717, 1.165) is 28.5 Å². The van der Waals surface area contributed by atoms with Gasteiger partial charge in [0.1, 0.15) is 11.6 Å². The van der Waals surface area contributed by atoms with E-state index in [0.29, 0.717) is 31.7 Å². The summed E-state index contributed by atoms with van der Waals surface area (Å²) in [6.07, 6.45) is 0.491. The topological polar surface area (TPSA) is 66.4 Å². The molecule has 0 atom stereocenters. The first-order valence-corrected chi connectivity index (χ1v) is 11.0. The van der Waals surface area contributed by atoms with Crippen LogP contribution in [0.4, 0.5) is 5.82 Å². The zero-order chi connectivity index (χ0) is 22.5. The number of hydrogen-bond acceptors (Lipinski definition) is 5. The monoisotopic (exact) mass is 428 g/mol. The van der Waals surface area contributed by atoms with E-state index >= 15 is 0 Å². The van der Waals surface area contributed by atoms with E-state index in [1.165, 1.54) is 0 Å². The van der Waals surface area contributed by atoms with Crippen LogP contribution in [0.1, 0.15) is 34.6 Å². The molecule has 6 heteroatoms. The standard InChI is InChI=1S/C26H28N4O2/c1-19-8-10-22(11-9-19)24(31)12-13-26(32)30-16-14-29(15-17-30)25-18-23(27-20(2)28-25)21-6-4-3-5-7-21/h3-11,18H,12-17H2,1-2H3. The van der Waals surface area contributed by atoms with Gasteiger partial charge < -0.3 is 9.80 Å². The number of Topliss-reactive ketones (excluding diaryl/α,β-unsaturated/α-hetero) is 1. The zero-order valence-electron chi connectivity index (χ0n) is 18.6. The first-order chi connectivity index (χ1) is 15.5. The van der Waals surface area contributed by atoms with Crippen molar-refractivity contribution in [3.8, 4) is 11.3 Å². The minimum Gasteiger partial charge on any atom is -0.353 e. The van der Waals surface area contributed by atoms with Gasteiger partial charge in [-0.15, -0.1) is 0 Å². The molecule has 0 saturated carbocycles. The number of carbonyl (C=O) groups is 2. The van der Waals surface area contributed by atoms with Gasteiger partial charge in [-0.05, 0) is 13.8 Å². The molecule has 1 amide bonds. The normalized spacial score (nSPS) is 13.8. The molecule has 6 nitrogen and oxygen atoms in total. The van der Waals surface area contributed by atoms with Crippen molar-refractivity contribution in [2.75, 3.05) is 31.1 Å². The number of amides is 1. The van der Waals surface area contributed by atoms with Gasteiger partial charge in [-0.25, -0.2) is 9.97 Å². The lowest BCUT2D eigenvalue weighted by molar-refractivity contribution is -0.131. The molecule has 2 heterocycles. The predicted molar refractivity (Wildman–Crippen MR) is 126 cm³/mol. The van der Waals surface area contributed by atoms with Crippen molar-refractivity contribution in [1.82, 2.24) is 14.9 Å². The Morgan fingerprint density at radius 3 is 2.22 bits per heavy atom. The third-order valence-electron chi connectivity index (χ3n) is 5.79. The third-order valence-corrected chi connectivity index (χ3v) is 5.79. The molecule has 1 aliphatic heterocycles. The van der Waals surface area contributed by atoms with Crippen LogP contribution >= 0.6 is 0 Å². The van der Waals surface area contributed by atoms with Gasteiger partial charge in [0.25, 0.3) is 0 Å². The number of carbonyl (C=O) groups excluding carboxylic acids is 2. The van der Waals surface area contributed by atoms with Gasteiger partial charge >= 0.3 is 0 Å². The van der Waals surface area contributed by atoms with Gasteiger partial charge in [-0.2, -0.15) is 0 Å². The maximum Gasteiger partial charge on any atom is 0.223 e. The Kier molecular flexibility index (Phi) is 6.59. The van der Waals surface area contributed by atoms with E-state index in [2.05, 4.69) is 14.9 Å². The molecule has 1 saturated heterocycles. The average molecular weight is 429 g/mol. The van der Waals surface area contributed by atoms with Crippen molar-refractivity contribution in [1.29, 1.82) is 0 Å². The molecule has 1 aliphatic rings. The highest BCUT2D eigenvalue weighted by molar-refractivity contribution is 5.98. The number of benzene rings is 2. The highest BCUT2D eigenvalue weighted by Gasteiger charge is 2.23. The Morgan fingerprint density at radius 2 is 1.53 bits per heavy atom. The van der Waals surface area contributed by atoms with Crippen molar-refractivity contribution >= 4 is 17.5 Å². The Balaban J connectivity index is 1.33. The molecular formula is C26H28N4O2. The van der Waals surface area contributed by atoms with Crippen LogP contribution in [0, 0.1) is 13.8 Å². The molecule has 4 rings (SSSR count). The fraction of sp³-hybridized carbons (Fsp3) is 0.308. The molecule has 2 aromatic carbocycles. The quantitative estimate of drug-likeness (QED) is 0.554. The molecule has 0 N–H and O–H groups in total. The highest BCUT2D eigenvalue weighted by Crippen LogP contribution is 2.23. The predicted octanol–water partition coefficient (Wildman–Crippen LogP) is 4.07. The Labute approximate surface area is 188 Å². The molecule has 1 fully saturated rings. The van der Waals surface area contributed by atoms with Crippen molar-refractivity contribution in [3.63, 3.8) is 0 Å². The van der Waals surface area contributed by atoms with E-state index in [1.54, 1.807) is 0 Å². The Hall–Kier alpha value is -3.54. The maximum absolute atomic E-state index is 12.7. The molecule has 0 bridgehead atoms. The van der Waals surface area contributed by atoms with Crippen molar-refractivity contribution < 1.29 is 9.59 Å². The summed E-state index contributed by atoms with van der Waals surface area (Å²) >= 11 is 0. The highest BCUT2D eigenvalue weighted by atomic mass is 16.2. The summed E-state index contributed by atoms with van der Waals surface area (Å²) in [5, 5.41) is 0.